The minimum Gasteiger partial charge on any atom is -0.416 e. The summed E-state index contributed by atoms with van der Waals surface area (Å²) >= 11 is 2.01. The molecule has 2 rings (SSSR count). The van der Waals surface area contributed by atoms with E-state index in [0.29, 0.717) is 9.79 Å². The van der Waals surface area contributed by atoms with Crippen molar-refractivity contribution in [2.45, 2.75) is 31.8 Å². The molecule has 1 aromatic rings. The van der Waals surface area contributed by atoms with Gasteiger partial charge in [-0.15, -0.1) is 10.2 Å². The molecule has 1 aromatic heterocycles. The molecule has 0 bridgehead atoms. The lowest BCUT2D eigenvalue weighted by Gasteiger charge is -2.20. The summed E-state index contributed by atoms with van der Waals surface area (Å²) in [4.78, 5) is 0. The van der Waals surface area contributed by atoms with Crippen LogP contribution in [0.2, 0.25) is 0 Å². The number of aromatic nitrogens is 2. The zero-order valence-corrected chi connectivity index (χ0v) is 9.36. The summed E-state index contributed by atoms with van der Waals surface area (Å²) in [5.41, 5.74) is 0. The summed E-state index contributed by atoms with van der Waals surface area (Å²) in [5, 5.41) is 7.70. The number of rotatable bonds is 2. The van der Waals surface area contributed by atoms with Gasteiger partial charge >= 0.3 is 0 Å². The van der Waals surface area contributed by atoms with Gasteiger partial charge in [0.25, 0.3) is 3.90 Å². The Kier molecular flexibility index (Phi) is 3.15. The van der Waals surface area contributed by atoms with E-state index in [2.05, 4.69) is 10.2 Å². The first-order valence-corrected chi connectivity index (χ1v) is 5.52. The van der Waals surface area contributed by atoms with Crippen LogP contribution in [0.1, 0.15) is 25.2 Å². The predicted molar refractivity (Wildman–Crippen MR) is 54.3 cm³/mol. The number of ether oxygens (including phenoxy) is 1. The minimum absolute atomic E-state index is 0.282. The van der Waals surface area contributed by atoms with E-state index in [4.69, 9.17) is 9.15 Å². The van der Waals surface area contributed by atoms with E-state index in [9.17, 15) is 0 Å². The fourth-order valence-electron chi connectivity index (χ4n) is 1.48. The minimum atomic E-state index is 0.282. The largest absolute Gasteiger partial charge is 0.416 e. The lowest BCUT2D eigenvalue weighted by molar-refractivity contribution is 0.0130. The van der Waals surface area contributed by atoms with E-state index in [1.807, 2.05) is 22.6 Å². The number of halogens is 1. The monoisotopic (exact) mass is 294 g/mol. The van der Waals surface area contributed by atoms with Gasteiger partial charge in [-0.05, 0) is 19.3 Å². The van der Waals surface area contributed by atoms with Crippen LogP contribution in [-0.2, 0) is 11.2 Å². The zero-order valence-electron chi connectivity index (χ0n) is 7.20. The molecular weight excluding hydrogens is 283 g/mol. The van der Waals surface area contributed by atoms with Crippen molar-refractivity contribution >= 4 is 22.6 Å². The van der Waals surface area contributed by atoms with Crippen molar-refractivity contribution < 1.29 is 9.15 Å². The molecule has 1 aliphatic heterocycles. The molecule has 1 fully saturated rings. The molecule has 0 saturated carbocycles. The third kappa shape index (κ3) is 2.63. The lowest BCUT2D eigenvalue weighted by Crippen LogP contribution is -2.21. The molecule has 0 N–H and O–H groups in total. The van der Waals surface area contributed by atoms with Crippen LogP contribution < -0.4 is 0 Å². The van der Waals surface area contributed by atoms with E-state index in [1.54, 1.807) is 0 Å². The fourth-order valence-corrected chi connectivity index (χ4v) is 1.84. The molecule has 1 atom stereocenters. The number of hydrogen-bond donors (Lipinski definition) is 0. The molecule has 2 heterocycles. The number of nitrogens with zero attached hydrogens (tertiary/aromatic N) is 2. The van der Waals surface area contributed by atoms with Crippen LogP contribution in [0.4, 0.5) is 0 Å². The highest BCUT2D eigenvalue weighted by Gasteiger charge is 2.17. The van der Waals surface area contributed by atoms with Crippen molar-refractivity contribution in [2.75, 3.05) is 6.61 Å². The van der Waals surface area contributed by atoms with Gasteiger partial charge in [0, 0.05) is 29.2 Å². The van der Waals surface area contributed by atoms with Crippen LogP contribution >= 0.6 is 22.6 Å². The van der Waals surface area contributed by atoms with Gasteiger partial charge in [0.15, 0.2) is 0 Å². The Bertz CT molecular complexity index is 271. The van der Waals surface area contributed by atoms with Gasteiger partial charge in [-0.2, -0.15) is 0 Å². The fraction of sp³-hybridized carbons (Fsp3) is 0.750. The highest BCUT2D eigenvalue weighted by atomic mass is 127. The van der Waals surface area contributed by atoms with Gasteiger partial charge < -0.3 is 9.15 Å². The van der Waals surface area contributed by atoms with Crippen molar-refractivity contribution in [1.82, 2.24) is 10.2 Å². The summed E-state index contributed by atoms with van der Waals surface area (Å²) in [7, 11) is 0. The van der Waals surface area contributed by atoms with E-state index in [0.717, 1.165) is 19.4 Å². The van der Waals surface area contributed by atoms with Gasteiger partial charge in [-0.1, -0.05) is 0 Å². The first-order valence-electron chi connectivity index (χ1n) is 4.44. The maximum absolute atomic E-state index is 5.56. The van der Waals surface area contributed by atoms with Gasteiger partial charge in [0.2, 0.25) is 5.89 Å². The zero-order chi connectivity index (χ0) is 9.10. The second kappa shape index (κ2) is 4.36. The second-order valence-corrected chi connectivity index (χ2v) is 4.06. The molecule has 0 radical (unpaired) electrons. The molecule has 5 heteroatoms. The molecule has 0 spiro atoms. The summed E-state index contributed by atoms with van der Waals surface area (Å²) in [6, 6.07) is 0. The van der Waals surface area contributed by atoms with Crippen molar-refractivity contribution in [1.29, 1.82) is 0 Å². The summed E-state index contributed by atoms with van der Waals surface area (Å²) < 4.78 is 11.4. The van der Waals surface area contributed by atoms with E-state index in [-0.39, 0.29) is 6.10 Å². The summed E-state index contributed by atoms with van der Waals surface area (Å²) in [5.74, 6) is 0.691. The smallest absolute Gasteiger partial charge is 0.278 e. The average molecular weight is 294 g/mol. The van der Waals surface area contributed by atoms with E-state index >= 15 is 0 Å². The van der Waals surface area contributed by atoms with Crippen LogP contribution in [0.25, 0.3) is 0 Å². The van der Waals surface area contributed by atoms with Gasteiger partial charge in [0.05, 0.1) is 12.5 Å². The topological polar surface area (TPSA) is 48.2 Å². The molecule has 1 saturated heterocycles. The van der Waals surface area contributed by atoms with Gasteiger partial charge in [0.1, 0.15) is 0 Å². The standard InChI is InChI=1S/C8H11IN2O2/c9-8-11-10-7(13-8)5-6-3-1-2-4-12-6/h6H,1-5H2. The highest BCUT2D eigenvalue weighted by molar-refractivity contribution is 14.1. The summed E-state index contributed by atoms with van der Waals surface area (Å²) in [6.45, 7) is 0.871. The number of hydrogen-bond acceptors (Lipinski definition) is 4. The molecule has 4 nitrogen and oxygen atoms in total. The normalized spacial score (nSPS) is 23.3. The first-order chi connectivity index (χ1) is 6.34. The molecular formula is C8H11IN2O2. The van der Waals surface area contributed by atoms with Gasteiger partial charge in [-0.25, -0.2) is 0 Å². The maximum atomic E-state index is 5.56. The Morgan fingerprint density at radius 3 is 2.92 bits per heavy atom. The maximum Gasteiger partial charge on any atom is 0.278 e. The summed E-state index contributed by atoms with van der Waals surface area (Å²) in [6.07, 6.45) is 4.58. The van der Waals surface area contributed by atoms with Crippen LogP contribution in [0.3, 0.4) is 0 Å². The van der Waals surface area contributed by atoms with Crippen LogP contribution in [0, 0.1) is 3.90 Å². The van der Waals surface area contributed by atoms with Crippen molar-refractivity contribution in [2.24, 2.45) is 0 Å². The molecule has 13 heavy (non-hydrogen) atoms. The Balaban J connectivity index is 1.89. The molecule has 0 amide bonds. The van der Waals surface area contributed by atoms with E-state index < -0.39 is 0 Å². The average Bonchev–Trinajstić information content (AvgIpc) is 2.53. The third-order valence-electron chi connectivity index (χ3n) is 2.12. The van der Waals surface area contributed by atoms with Crippen LogP contribution in [0.5, 0.6) is 0 Å². The lowest BCUT2D eigenvalue weighted by atomic mass is 10.1. The van der Waals surface area contributed by atoms with Gasteiger partial charge in [-0.3, -0.25) is 0 Å². The van der Waals surface area contributed by atoms with Crippen molar-refractivity contribution in [3.8, 4) is 0 Å². The van der Waals surface area contributed by atoms with Crippen LogP contribution in [0.15, 0.2) is 4.42 Å². The third-order valence-corrected chi connectivity index (χ3v) is 2.55. The van der Waals surface area contributed by atoms with E-state index in [1.165, 1.54) is 12.8 Å². The Morgan fingerprint density at radius 2 is 2.31 bits per heavy atom. The second-order valence-electron chi connectivity index (χ2n) is 3.14. The van der Waals surface area contributed by atoms with Crippen molar-refractivity contribution in [3.63, 3.8) is 0 Å². The predicted octanol–water partition coefficient (Wildman–Crippen LogP) is 1.79. The molecule has 72 valence electrons. The molecule has 0 aromatic carbocycles. The molecule has 1 unspecified atom stereocenters. The highest BCUT2D eigenvalue weighted by Crippen LogP contribution is 2.16. The quantitative estimate of drug-likeness (QED) is 0.780. The molecule has 1 aliphatic rings. The Labute approximate surface area is 90.2 Å². The molecule has 0 aliphatic carbocycles. The van der Waals surface area contributed by atoms with Crippen molar-refractivity contribution in [3.05, 3.63) is 9.79 Å². The van der Waals surface area contributed by atoms with Crippen LogP contribution in [-0.4, -0.2) is 22.9 Å². The Hall–Kier alpha value is -0.170. The Morgan fingerprint density at radius 1 is 1.38 bits per heavy atom. The SMILES string of the molecule is Ic1nnc(CC2CCCCO2)o1. The first kappa shape index (κ1) is 9.39.